The minimum absolute atomic E-state index is 0.0466. The molecule has 1 amide bonds. The normalized spacial score (nSPS) is 11.8. The molecule has 2 heterocycles. The lowest BCUT2D eigenvalue weighted by molar-refractivity contribution is -0.141. The van der Waals surface area contributed by atoms with Crippen LogP contribution in [0.25, 0.3) is 22.3 Å². The monoisotopic (exact) mass is 416 g/mol. The highest BCUT2D eigenvalue weighted by Gasteiger charge is 2.35. The van der Waals surface area contributed by atoms with Gasteiger partial charge in [0.25, 0.3) is 5.91 Å². The highest BCUT2D eigenvalue weighted by atomic mass is 19.4. The summed E-state index contributed by atoms with van der Waals surface area (Å²) in [4.78, 5) is 11.4. The molecule has 154 valence electrons. The van der Waals surface area contributed by atoms with Gasteiger partial charge >= 0.3 is 6.18 Å². The summed E-state index contributed by atoms with van der Waals surface area (Å²) in [6.45, 7) is 0.0466. The average molecular weight is 416 g/mol. The van der Waals surface area contributed by atoms with Crippen molar-refractivity contribution < 1.29 is 23.2 Å². The van der Waals surface area contributed by atoms with E-state index in [1.165, 1.54) is 22.3 Å². The first-order valence-corrected chi connectivity index (χ1v) is 8.74. The van der Waals surface area contributed by atoms with Gasteiger partial charge in [0, 0.05) is 18.2 Å². The zero-order chi connectivity index (χ0) is 21.5. The fourth-order valence-electron chi connectivity index (χ4n) is 3.11. The number of fused-ring (bicyclic) bond motifs is 1. The van der Waals surface area contributed by atoms with Crippen molar-refractivity contribution in [2.75, 3.05) is 0 Å². The maximum absolute atomic E-state index is 13.3. The molecule has 0 saturated carbocycles. The molecule has 0 fully saturated rings. The Balaban J connectivity index is 1.74. The van der Waals surface area contributed by atoms with Crippen LogP contribution in [0.15, 0.2) is 48.5 Å². The summed E-state index contributed by atoms with van der Waals surface area (Å²) < 4.78 is 42.7. The molecule has 0 bridgehead atoms. The van der Waals surface area contributed by atoms with E-state index < -0.39 is 17.8 Å². The summed E-state index contributed by atoms with van der Waals surface area (Å²) in [7, 11) is 1.72. The van der Waals surface area contributed by atoms with Gasteiger partial charge < -0.3 is 0 Å². The summed E-state index contributed by atoms with van der Waals surface area (Å²) in [5, 5.41) is 20.3. The first-order chi connectivity index (χ1) is 14.3. The molecule has 0 aliphatic heterocycles. The minimum atomic E-state index is -4.60. The Morgan fingerprint density at radius 1 is 1.13 bits per heavy atom. The molecule has 4 aromatic rings. The van der Waals surface area contributed by atoms with E-state index in [0.29, 0.717) is 16.6 Å². The molecular weight excluding hydrogens is 401 g/mol. The molecule has 2 aromatic heterocycles. The molecule has 2 aromatic carbocycles. The van der Waals surface area contributed by atoms with E-state index in [2.05, 4.69) is 15.4 Å². The number of aromatic nitrogens is 5. The van der Waals surface area contributed by atoms with Crippen molar-refractivity contribution in [2.24, 2.45) is 7.05 Å². The number of nitrogens with zero attached hydrogens (tertiary/aromatic N) is 5. The van der Waals surface area contributed by atoms with Gasteiger partial charge in [0.05, 0.1) is 17.8 Å². The predicted molar refractivity (Wildman–Crippen MR) is 99.5 cm³/mol. The SMILES string of the molecule is Cn1nnc2cc(-c3cc(C(F)(F)F)nn3Cc3ccc(C(=O)NO)cc3)ccc21. The van der Waals surface area contributed by atoms with E-state index in [1.54, 1.807) is 42.1 Å². The van der Waals surface area contributed by atoms with Crippen molar-refractivity contribution in [3.63, 3.8) is 0 Å². The summed E-state index contributed by atoms with van der Waals surface area (Å²) >= 11 is 0. The summed E-state index contributed by atoms with van der Waals surface area (Å²) in [5.41, 5.74) is 3.45. The smallest absolute Gasteiger partial charge is 0.288 e. The van der Waals surface area contributed by atoms with Gasteiger partial charge in [0.2, 0.25) is 0 Å². The molecule has 8 nitrogen and oxygen atoms in total. The Labute approximate surface area is 167 Å². The van der Waals surface area contributed by atoms with Crippen molar-refractivity contribution >= 4 is 16.9 Å². The Morgan fingerprint density at radius 2 is 1.87 bits per heavy atom. The van der Waals surface area contributed by atoms with E-state index in [9.17, 15) is 18.0 Å². The minimum Gasteiger partial charge on any atom is -0.288 e. The van der Waals surface area contributed by atoms with Crippen LogP contribution in [0.5, 0.6) is 0 Å². The molecule has 0 unspecified atom stereocenters. The van der Waals surface area contributed by atoms with Crippen molar-refractivity contribution in [1.29, 1.82) is 0 Å². The van der Waals surface area contributed by atoms with Crippen molar-refractivity contribution in [1.82, 2.24) is 30.3 Å². The molecule has 0 aliphatic carbocycles. The number of nitrogens with one attached hydrogen (secondary N) is 1. The standard InChI is InChI=1S/C19H15F3N6O2/c1-27-15-7-6-13(8-14(15)23-26-27)16-9-17(19(20,21)22)24-28(16)10-11-2-4-12(5-3-11)18(29)25-30/h2-9,30H,10H2,1H3,(H,25,29). The zero-order valence-electron chi connectivity index (χ0n) is 15.6. The van der Waals surface area contributed by atoms with E-state index in [0.717, 1.165) is 11.6 Å². The third kappa shape index (κ3) is 3.62. The lowest BCUT2D eigenvalue weighted by Crippen LogP contribution is -2.18. The van der Waals surface area contributed by atoms with E-state index in [4.69, 9.17) is 5.21 Å². The summed E-state index contributed by atoms with van der Waals surface area (Å²) in [6, 6.07) is 12.1. The maximum atomic E-state index is 13.3. The number of carbonyl (C=O) groups is 1. The molecule has 0 spiro atoms. The first kappa shape index (κ1) is 19.6. The number of amides is 1. The van der Waals surface area contributed by atoms with Crippen LogP contribution in [-0.4, -0.2) is 35.9 Å². The van der Waals surface area contributed by atoms with E-state index >= 15 is 0 Å². The van der Waals surface area contributed by atoms with Crippen LogP contribution in [0.4, 0.5) is 13.2 Å². The molecule has 2 N–H and O–H groups in total. The second-order valence-corrected chi connectivity index (χ2v) is 6.62. The number of aryl methyl sites for hydroxylation is 1. The van der Waals surface area contributed by atoms with Crippen molar-refractivity contribution in [3.8, 4) is 11.3 Å². The predicted octanol–water partition coefficient (Wildman–Crippen LogP) is 3.02. The zero-order valence-corrected chi connectivity index (χ0v) is 15.6. The summed E-state index contributed by atoms with van der Waals surface area (Å²) in [6.07, 6.45) is -4.60. The largest absolute Gasteiger partial charge is 0.435 e. The van der Waals surface area contributed by atoms with E-state index in [-0.39, 0.29) is 17.8 Å². The molecule has 4 rings (SSSR count). The summed E-state index contributed by atoms with van der Waals surface area (Å²) in [5.74, 6) is -0.682. The molecule has 0 aliphatic rings. The highest BCUT2D eigenvalue weighted by Crippen LogP contribution is 2.33. The Bertz CT molecular complexity index is 1230. The second kappa shape index (κ2) is 7.26. The van der Waals surface area contributed by atoms with Crippen LogP contribution in [0.1, 0.15) is 21.6 Å². The van der Waals surface area contributed by atoms with Crippen LogP contribution in [0.2, 0.25) is 0 Å². The number of benzene rings is 2. The van der Waals surface area contributed by atoms with Gasteiger partial charge in [0.1, 0.15) is 5.52 Å². The Morgan fingerprint density at radius 3 is 2.53 bits per heavy atom. The fraction of sp³-hybridized carbons (Fsp3) is 0.158. The third-order valence-electron chi connectivity index (χ3n) is 4.63. The third-order valence-corrected chi connectivity index (χ3v) is 4.63. The number of alkyl halides is 3. The van der Waals surface area contributed by atoms with Gasteiger partial charge in [-0.1, -0.05) is 23.4 Å². The topological polar surface area (TPSA) is 97.9 Å². The quantitative estimate of drug-likeness (QED) is 0.394. The van der Waals surface area contributed by atoms with Gasteiger partial charge in [0.15, 0.2) is 5.69 Å². The van der Waals surface area contributed by atoms with Crippen LogP contribution in [0, 0.1) is 0 Å². The molecule has 0 atom stereocenters. The average Bonchev–Trinajstić information content (AvgIpc) is 3.31. The molecule has 0 saturated heterocycles. The van der Waals surface area contributed by atoms with E-state index in [1.807, 2.05) is 0 Å². The van der Waals surface area contributed by atoms with Gasteiger partial charge in [-0.15, -0.1) is 5.10 Å². The van der Waals surface area contributed by atoms with Gasteiger partial charge in [-0.25, -0.2) is 10.2 Å². The number of hydrogen-bond acceptors (Lipinski definition) is 5. The molecule has 11 heteroatoms. The van der Waals surface area contributed by atoms with Gasteiger partial charge in [-0.2, -0.15) is 18.3 Å². The Hall–Kier alpha value is -3.73. The molecule has 0 radical (unpaired) electrons. The van der Waals surface area contributed by atoms with Gasteiger partial charge in [-0.05, 0) is 35.9 Å². The lowest BCUT2D eigenvalue weighted by atomic mass is 10.1. The highest BCUT2D eigenvalue weighted by molar-refractivity contribution is 5.93. The number of halogens is 3. The molecular formula is C19H15F3N6O2. The van der Waals surface area contributed by atoms with Crippen LogP contribution < -0.4 is 5.48 Å². The number of hydrogen-bond donors (Lipinski definition) is 2. The first-order valence-electron chi connectivity index (χ1n) is 8.74. The van der Waals surface area contributed by atoms with Crippen molar-refractivity contribution in [3.05, 3.63) is 65.4 Å². The van der Waals surface area contributed by atoms with Gasteiger partial charge in [-0.3, -0.25) is 14.7 Å². The number of hydroxylamine groups is 1. The second-order valence-electron chi connectivity index (χ2n) is 6.62. The number of carbonyl (C=O) groups excluding carboxylic acids is 1. The van der Waals surface area contributed by atoms with Crippen molar-refractivity contribution in [2.45, 2.75) is 12.7 Å². The molecule has 30 heavy (non-hydrogen) atoms. The number of rotatable bonds is 4. The maximum Gasteiger partial charge on any atom is 0.435 e. The van der Waals surface area contributed by atoms with Crippen LogP contribution in [-0.2, 0) is 19.8 Å². The fourth-order valence-corrected chi connectivity index (χ4v) is 3.11. The lowest BCUT2D eigenvalue weighted by Gasteiger charge is -2.09. The van der Waals surface area contributed by atoms with Crippen LogP contribution >= 0.6 is 0 Å². The Kier molecular flexibility index (Phi) is 4.74. The van der Waals surface area contributed by atoms with Crippen LogP contribution in [0.3, 0.4) is 0 Å².